The lowest BCUT2D eigenvalue weighted by Crippen LogP contribution is -2.13. The number of aryl methyl sites for hydroxylation is 1. The van der Waals surface area contributed by atoms with Gasteiger partial charge in [0.05, 0.1) is 12.1 Å². The molecule has 3 aromatic rings. The van der Waals surface area contributed by atoms with Crippen LogP contribution in [0.3, 0.4) is 0 Å². The van der Waals surface area contributed by atoms with Crippen LogP contribution < -0.4 is 5.32 Å². The summed E-state index contributed by atoms with van der Waals surface area (Å²) in [5, 5.41) is 8.43. The smallest absolute Gasteiger partial charge is 0.258 e. The first-order valence-electron chi connectivity index (χ1n) is 7.48. The number of aromatic nitrogens is 2. The zero-order valence-corrected chi connectivity index (χ0v) is 16.4. The maximum absolute atomic E-state index is 12.4. The van der Waals surface area contributed by atoms with E-state index in [4.69, 9.17) is 23.2 Å². The van der Waals surface area contributed by atoms with Crippen LogP contribution in [0.4, 0.5) is 5.82 Å². The second-order valence-electron chi connectivity index (χ2n) is 5.50. The molecule has 1 amide bonds. The van der Waals surface area contributed by atoms with Gasteiger partial charge in [0.1, 0.15) is 0 Å². The van der Waals surface area contributed by atoms with E-state index in [1.165, 1.54) is 0 Å². The van der Waals surface area contributed by atoms with Crippen LogP contribution in [0, 0.1) is 6.92 Å². The van der Waals surface area contributed by atoms with E-state index < -0.39 is 0 Å². The summed E-state index contributed by atoms with van der Waals surface area (Å²) in [6.07, 6.45) is 0. The summed E-state index contributed by atoms with van der Waals surface area (Å²) in [6.45, 7) is 2.41. The van der Waals surface area contributed by atoms with Crippen molar-refractivity contribution in [3.8, 4) is 0 Å². The number of carbonyl (C=O) groups excluding carboxylic acids is 1. The predicted molar refractivity (Wildman–Crippen MR) is 105 cm³/mol. The predicted octanol–water partition coefficient (Wildman–Crippen LogP) is 5.56. The second kappa shape index (κ2) is 7.60. The summed E-state index contributed by atoms with van der Waals surface area (Å²) >= 11 is 15.5. The summed E-state index contributed by atoms with van der Waals surface area (Å²) in [6, 6.07) is 14.4. The topological polar surface area (TPSA) is 46.9 Å². The van der Waals surface area contributed by atoms with Crippen molar-refractivity contribution >= 4 is 50.9 Å². The van der Waals surface area contributed by atoms with Gasteiger partial charge >= 0.3 is 0 Å². The molecule has 3 rings (SSSR count). The molecule has 128 valence electrons. The Morgan fingerprint density at radius 3 is 2.68 bits per heavy atom. The molecule has 0 aliphatic rings. The minimum absolute atomic E-state index is 0.221. The number of nitrogens with one attached hydrogen (secondary N) is 1. The number of halogens is 3. The van der Waals surface area contributed by atoms with Gasteiger partial charge in [0.15, 0.2) is 5.82 Å². The molecule has 25 heavy (non-hydrogen) atoms. The number of carbonyl (C=O) groups is 1. The highest BCUT2D eigenvalue weighted by Crippen LogP contribution is 2.23. The fourth-order valence-electron chi connectivity index (χ4n) is 2.37. The molecule has 1 aromatic heterocycles. The summed E-state index contributed by atoms with van der Waals surface area (Å²) in [5.74, 6) is 0.269. The van der Waals surface area contributed by atoms with Crippen molar-refractivity contribution < 1.29 is 4.79 Å². The Hall–Kier alpha value is -1.82. The van der Waals surface area contributed by atoms with Crippen LogP contribution in [-0.2, 0) is 6.54 Å². The van der Waals surface area contributed by atoms with E-state index in [-0.39, 0.29) is 5.91 Å². The van der Waals surface area contributed by atoms with Crippen LogP contribution in [0.25, 0.3) is 0 Å². The lowest BCUT2D eigenvalue weighted by atomic mass is 10.2. The van der Waals surface area contributed by atoms with Gasteiger partial charge in [-0.05, 0) is 52.7 Å². The summed E-state index contributed by atoms with van der Waals surface area (Å²) in [7, 11) is 0. The van der Waals surface area contributed by atoms with Crippen molar-refractivity contribution in [1.29, 1.82) is 0 Å². The van der Waals surface area contributed by atoms with E-state index in [1.807, 2.05) is 37.3 Å². The molecular formula is C18H14BrCl2N3O. The van der Waals surface area contributed by atoms with Gasteiger partial charge in [-0.25, -0.2) is 0 Å². The lowest BCUT2D eigenvalue weighted by molar-refractivity contribution is 0.102. The van der Waals surface area contributed by atoms with E-state index in [0.29, 0.717) is 28.0 Å². The third-order valence-corrected chi connectivity index (χ3v) is 4.95. The van der Waals surface area contributed by atoms with Gasteiger partial charge < -0.3 is 5.32 Å². The first-order chi connectivity index (χ1) is 11.9. The highest BCUT2D eigenvalue weighted by Gasteiger charge is 2.13. The van der Waals surface area contributed by atoms with Crippen LogP contribution in [0.2, 0.25) is 10.0 Å². The average Bonchev–Trinajstić information content (AvgIpc) is 2.90. The van der Waals surface area contributed by atoms with Gasteiger partial charge in [-0.2, -0.15) is 5.10 Å². The van der Waals surface area contributed by atoms with Crippen molar-refractivity contribution in [2.24, 2.45) is 0 Å². The van der Waals surface area contributed by atoms with E-state index in [0.717, 1.165) is 15.7 Å². The normalized spacial score (nSPS) is 10.7. The van der Waals surface area contributed by atoms with Gasteiger partial charge in [-0.15, -0.1) is 0 Å². The standard InChI is InChI=1S/C18H14BrCl2N3O/c1-11-8-17(22-18(25)14-4-2-3-5-15(14)19)23-24(11)10-12-6-7-13(20)9-16(12)21/h2-9H,10H2,1H3,(H,22,23,25). The Labute approximate surface area is 163 Å². The molecule has 7 heteroatoms. The Bertz CT molecular complexity index is 940. The van der Waals surface area contributed by atoms with E-state index >= 15 is 0 Å². The quantitative estimate of drug-likeness (QED) is 0.579. The molecule has 0 atom stereocenters. The molecule has 0 fully saturated rings. The molecule has 4 nitrogen and oxygen atoms in total. The van der Waals surface area contributed by atoms with Crippen molar-refractivity contribution in [2.45, 2.75) is 13.5 Å². The zero-order chi connectivity index (χ0) is 18.0. The van der Waals surface area contributed by atoms with Gasteiger partial charge in [-0.1, -0.05) is 41.4 Å². The minimum Gasteiger partial charge on any atom is -0.305 e. The molecule has 0 saturated heterocycles. The van der Waals surface area contributed by atoms with Crippen LogP contribution >= 0.6 is 39.1 Å². The molecule has 0 aliphatic carbocycles. The molecular weight excluding hydrogens is 425 g/mol. The fraction of sp³-hybridized carbons (Fsp3) is 0.111. The Morgan fingerprint density at radius 2 is 1.96 bits per heavy atom. The largest absolute Gasteiger partial charge is 0.305 e. The van der Waals surface area contributed by atoms with E-state index in [2.05, 4.69) is 26.3 Å². The monoisotopic (exact) mass is 437 g/mol. The molecule has 0 spiro atoms. The summed E-state index contributed by atoms with van der Waals surface area (Å²) in [5.41, 5.74) is 2.37. The van der Waals surface area contributed by atoms with Crippen LogP contribution in [-0.4, -0.2) is 15.7 Å². The fourth-order valence-corrected chi connectivity index (χ4v) is 3.30. The molecule has 0 saturated carbocycles. The molecule has 0 unspecified atom stereocenters. The number of hydrogen-bond acceptors (Lipinski definition) is 2. The highest BCUT2D eigenvalue weighted by atomic mass is 79.9. The van der Waals surface area contributed by atoms with Crippen molar-refractivity contribution in [3.63, 3.8) is 0 Å². The average molecular weight is 439 g/mol. The van der Waals surface area contributed by atoms with Crippen LogP contribution in [0.1, 0.15) is 21.6 Å². The van der Waals surface area contributed by atoms with Crippen molar-refractivity contribution in [3.05, 3.63) is 79.9 Å². The number of rotatable bonds is 4. The molecule has 1 heterocycles. The second-order valence-corrected chi connectivity index (χ2v) is 7.20. The number of hydrogen-bond donors (Lipinski definition) is 1. The minimum atomic E-state index is -0.221. The third-order valence-electron chi connectivity index (χ3n) is 3.68. The summed E-state index contributed by atoms with van der Waals surface area (Å²) in [4.78, 5) is 12.4. The first kappa shape index (κ1) is 18.0. The van der Waals surface area contributed by atoms with Crippen LogP contribution in [0.15, 0.2) is 53.0 Å². The Kier molecular flexibility index (Phi) is 5.47. The first-order valence-corrected chi connectivity index (χ1v) is 9.03. The van der Waals surface area contributed by atoms with E-state index in [9.17, 15) is 4.79 Å². The zero-order valence-electron chi connectivity index (χ0n) is 13.3. The molecule has 0 radical (unpaired) electrons. The van der Waals surface area contributed by atoms with Gasteiger partial charge in [-0.3, -0.25) is 9.48 Å². The summed E-state index contributed by atoms with van der Waals surface area (Å²) < 4.78 is 2.52. The highest BCUT2D eigenvalue weighted by molar-refractivity contribution is 9.10. The number of anilines is 1. The maximum Gasteiger partial charge on any atom is 0.258 e. The SMILES string of the molecule is Cc1cc(NC(=O)c2ccccc2Br)nn1Cc1ccc(Cl)cc1Cl. The number of benzene rings is 2. The Balaban J connectivity index is 1.78. The Morgan fingerprint density at radius 1 is 1.20 bits per heavy atom. The van der Waals surface area contributed by atoms with E-state index in [1.54, 1.807) is 22.9 Å². The number of amides is 1. The number of nitrogens with zero attached hydrogens (tertiary/aromatic N) is 2. The van der Waals surface area contributed by atoms with Crippen LogP contribution in [0.5, 0.6) is 0 Å². The molecule has 0 aliphatic heterocycles. The lowest BCUT2D eigenvalue weighted by Gasteiger charge is -2.07. The van der Waals surface area contributed by atoms with Crippen molar-refractivity contribution in [2.75, 3.05) is 5.32 Å². The molecule has 2 aromatic carbocycles. The maximum atomic E-state index is 12.4. The third kappa shape index (κ3) is 4.24. The molecule has 0 bridgehead atoms. The van der Waals surface area contributed by atoms with Gasteiger partial charge in [0, 0.05) is 26.3 Å². The van der Waals surface area contributed by atoms with Gasteiger partial charge in [0.2, 0.25) is 0 Å². The van der Waals surface area contributed by atoms with Crippen molar-refractivity contribution in [1.82, 2.24) is 9.78 Å². The van der Waals surface area contributed by atoms with Gasteiger partial charge in [0.25, 0.3) is 5.91 Å². The molecule has 1 N–H and O–H groups in total.